The standard InChI is InChI=1S/C64H93N8O10S2.C22H23N5O5.3CO2.2CH4.Na.O3S/c1-9-26-79-28-29-80-27-25-70(41-64(5,6)84-83-30-13-17-55(73)44(4)69-60(75)49(14-10-22-68-63(65)66)35-56(74)43(3)67-7)52-33-45(39-81-57-36-47-18-20-50-15-11-23-71(50)61(76)53(47)31-42(57)2)32-46(34-52)40-82-59-37-48-19-21-51-16-12-24-72(51)62(77)54(48)38-58(59)78-8;1-12(28)2-6-15(21(31)32)10-17(29)14-7-3-13(4-8-14)5-9-16-11-24-19-18(25-16)20(30)27-22(23)26-19;3*2-1-3;;;;1-4(2)3/h21,31-34,36-38,43-44,49-51,67H,9-20,22-30,35,39-41H2,1-8H3,(H,69,75)(H4,65,66,68);3-4,7-8,11,15H,2,5-6,9-10H2,1H3,(H,31,32)(H3,23,24,26,27,30);;;;2*1H4;;/q-1;;;;;;;+1;/t43-,44-,49+,50-,51+;15-;;;;;;;/m10......./s1. The number of H-pyrrole nitrogens is 1. The molecule has 3 amide bonds. The molecule has 0 spiro atoms. The SMILES string of the molecule is C.C.CC(=O)CC[C@@H](CC(=O)c1ccc(CCc2cnc3nc(N)[nH]c(=O)c3n2)cc1)C(=O)O.CCCOCCOCCN(CC(C)(C)SSCCCC(=O)[C@@H](C)NC(=O)[C@@H](CCCN=C(N)N)CC(=O)[C@@H](C)NC)c1cc(COc2cc3c(cc2C)C(=O)N2CCC[C@@H]2CC3)cc(COc2cc3c(cc2OC)C(=O)N2CCC[C@H]2[CH-]C3)c1.O=C=O.O=C=O.O=C=O.O=S(=O)=O.[Na+]. The number of aromatic nitrogens is 4. The van der Waals surface area contributed by atoms with E-state index in [1.807, 2.05) is 30.0 Å². The zero-order valence-corrected chi connectivity index (χ0v) is 79.6. The number of guanidine groups is 1. The molecule has 4 aliphatic heterocycles. The number of nitrogen functional groups attached to an aromatic ring is 1. The van der Waals surface area contributed by atoms with Crippen molar-refractivity contribution in [3.05, 3.63) is 145 Å². The molecule has 0 unspecified atom stereocenters. The van der Waals surface area contributed by atoms with Crippen LogP contribution < -0.4 is 82.1 Å². The fraction of sp³-hybridized carbons (Fsp3) is 0.527. The van der Waals surface area contributed by atoms with Crippen molar-refractivity contribution in [2.75, 3.05) is 89.7 Å². The van der Waals surface area contributed by atoms with Gasteiger partial charge in [-0.3, -0.25) is 48.3 Å². The minimum atomic E-state index is -3.11. The molecular weight excluding hydrogens is 1780 g/mol. The van der Waals surface area contributed by atoms with Crippen LogP contribution in [0.25, 0.3) is 11.2 Å². The summed E-state index contributed by atoms with van der Waals surface area (Å²) in [6, 6.07) is 20.5. The Hall–Kier alpha value is -10.7. The van der Waals surface area contributed by atoms with Crippen molar-refractivity contribution in [1.29, 1.82) is 0 Å². The van der Waals surface area contributed by atoms with E-state index in [1.165, 1.54) is 6.92 Å². The average Bonchev–Trinajstić information content (AvgIpc) is 1.61. The number of carboxylic acids is 1. The normalized spacial score (nSPS) is 14.5. The molecule has 0 radical (unpaired) electrons. The summed E-state index contributed by atoms with van der Waals surface area (Å²) < 4.78 is 56.3. The number of carboxylic acid groups (broad SMARTS) is 1. The molecule has 10 rings (SSSR count). The van der Waals surface area contributed by atoms with E-state index in [0.29, 0.717) is 125 Å². The molecule has 2 fully saturated rings. The van der Waals surface area contributed by atoms with Crippen LogP contribution >= 0.6 is 21.6 Å². The van der Waals surface area contributed by atoms with E-state index in [0.717, 1.165) is 108 Å². The molecule has 716 valence electrons. The van der Waals surface area contributed by atoms with Crippen LogP contribution in [0.4, 0.5) is 11.6 Å². The number of carbonyl (C=O) groups is 8. The number of anilines is 2. The Morgan fingerprint density at radius 1 is 0.750 bits per heavy atom. The number of rotatable bonds is 45. The van der Waals surface area contributed by atoms with Crippen LogP contribution in [-0.2, 0) is 112 Å². The van der Waals surface area contributed by atoms with Gasteiger partial charge in [-0.2, -0.15) is 40.2 Å². The van der Waals surface area contributed by atoms with Crippen molar-refractivity contribution in [2.45, 2.75) is 221 Å². The van der Waals surface area contributed by atoms with Gasteiger partial charge in [-0.05, 0) is 196 Å². The van der Waals surface area contributed by atoms with E-state index in [-0.39, 0.29) is 183 Å². The third-order valence-corrected chi connectivity index (χ3v) is 24.7. The number of nitrogens with two attached hydrogens (primary N) is 3. The number of hydrogen-bond acceptors (Lipinski definition) is 32. The van der Waals surface area contributed by atoms with Crippen molar-refractivity contribution < 1.29 is 138 Å². The first-order valence-corrected chi connectivity index (χ1v) is 45.5. The van der Waals surface area contributed by atoms with E-state index in [9.17, 15) is 48.3 Å². The van der Waals surface area contributed by atoms with Gasteiger partial charge in [0.15, 0.2) is 40.2 Å². The Labute approximate surface area is 801 Å². The summed E-state index contributed by atoms with van der Waals surface area (Å²) in [7, 11) is 3.68. The summed E-state index contributed by atoms with van der Waals surface area (Å²) in [4.78, 5) is 188. The zero-order valence-electron chi connectivity index (χ0n) is 75.1. The van der Waals surface area contributed by atoms with Crippen LogP contribution in [0, 0.1) is 25.2 Å². The maximum atomic E-state index is 13.8. The molecule has 4 aromatic carbocycles. The molecule has 10 N–H and O–H groups in total. The first-order valence-electron chi connectivity index (χ1n) is 42.2. The maximum absolute atomic E-state index is 13.8. The van der Waals surface area contributed by atoms with Crippen molar-refractivity contribution in [3.8, 4) is 17.2 Å². The number of carbonyl (C=O) groups excluding carboxylic acids is 13. The number of benzene rings is 4. The number of amides is 3. The van der Waals surface area contributed by atoms with Crippen molar-refractivity contribution >= 4 is 126 Å². The predicted octanol–water partition coefficient (Wildman–Crippen LogP) is 5.82. The first kappa shape index (κ1) is 117. The Bertz CT molecular complexity index is 5070. The van der Waals surface area contributed by atoms with Crippen LogP contribution in [0.1, 0.15) is 216 Å². The van der Waals surface area contributed by atoms with E-state index in [2.05, 4.69) is 96.8 Å². The van der Waals surface area contributed by atoms with Crippen molar-refractivity contribution in [2.24, 2.45) is 28.3 Å². The van der Waals surface area contributed by atoms with Gasteiger partial charge in [-0.1, -0.05) is 85.7 Å². The molecular formula is C91H124N13NaO24S3. The van der Waals surface area contributed by atoms with Crippen LogP contribution in [0.2, 0.25) is 0 Å². The van der Waals surface area contributed by atoms with E-state index in [4.69, 9.17) is 82.3 Å². The Morgan fingerprint density at radius 3 is 1.98 bits per heavy atom. The van der Waals surface area contributed by atoms with Crippen LogP contribution in [0.5, 0.6) is 17.2 Å². The van der Waals surface area contributed by atoms with E-state index in [1.54, 1.807) is 80.1 Å². The molecule has 37 nitrogen and oxygen atoms in total. The summed E-state index contributed by atoms with van der Waals surface area (Å²) in [6.07, 6.45) is 15.1. The number of nitrogens with one attached hydrogen (secondary N) is 3. The molecule has 6 heterocycles. The fourth-order valence-corrected chi connectivity index (χ4v) is 17.4. The van der Waals surface area contributed by atoms with Crippen LogP contribution in [-0.4, -0.2) is 227 Å². The van der Waals surface area contributed by atoms with Gasteiger partial charge in [0.05, 0.1) is 56.8 Å². The number of aliphatic imine (C=N–C) groups is 1. The number of ether oxygens (including phenoxy) is 5. The summed E-state index contributed by atoms with van der Waals surface area (Å²) in [5.74, 6) is -0.809. The van der Waals surface area contributed by atoms with Crippen molar-refractivity contribution in [1.82, 2.24) is 40.4 Å². The smallest absolute Gasteiger partial charge is 0.493 e. The number of likely N-dealkylation sites (N-methyl/N-ethyl adjacent to an activating group) is 1. The second kappa shape index (κ2) is 61.9. The minimum Gasteiger partial charge on any atom is -0.493 e. The number of fused-ring (bicyclic) bond motifs is 5. The predicted molar refractivity (Wildman–Crippen MR) is 490 cm³/mol. The quantitative estimate of drug-likeness (QED) is 0.00450. The molecule has 0 saturated carbocycles. The molecule has 132 heavy (non-hydrogen) atoms. The second-order valence-electron chi connectivity index (χ2n) is 31.5. The Kier molecular flexibility index (Phi) is 55.0. The topological polar surface area (TPSA) is 552 Å². The van der Waals surface area contributed by atoms with Gasteiger partial charge in [0.25, 0.3) is 17.4 Å². The number of aryl methyl sites for hydroxylation is 4. The Balaban J connectivity index is 0.00000101. The molecule has 41 heteroatoms. The number of nitrogens with zero attached hydrogens (tertiary/aromatic N) is 7. The number of Topliss-reactive ketones (excluding diaryl/α,β-unsaturated/α-hetero) is 4. The third kappa shape index (κ3) is 40.0. The zero-order chi connectivity index (χ0) is 95.3. The third-order valence-electron chi connectivity index (χ3n) is 21.4. The molecule has 6 aromatic rings. The molecule has 6 atom stereocenters. The maximum Gasteiger partial charge on any atom is 1.00 e. The molecule has 0 aliphatic carbocycles. The monoisotopic (exact) mass is 1900 g/mol. The number of hydrogen-bond donors (Lipinski definition) is 7. The van der Waals surface area contributed by atoms with Gasteiger partial charge >= 0.3 is 64.6 Å². The summed E-state index contributed by atoms with van der Waals surface area (Å²) in [5.41, 5.74) is 25.4. The number of methoxy groups -OCH3 is 1. The average molecular weight is 1900 g/mol. The van der Waals surface area contributed by atoms with E-state index >= 15 is 0 Å². The minimum absolute atomic E-state index is 0. The van der Waals surface area contributed by atoms with Gasteiger partial charge in [-0.15, -0.1) is 12.6 Å². The first-order chi connectivity index (χ1) is 61.6. The fourth-order valence-electron chi connectivity index (χ4n) is 14.8. The van der Waals surface area contributed by atoms with Crippen LogP contribution in [0.3, 0.4) is 0 Å². The van der Waals surface area contributed by atoms with Gasteiger partial charge in [0.2, 0.25) is 11.9 Å². The van der Waals surface area contributed by atoms with Crippen molar-refractivity contribution in [3.63, 3.8) is 0 Å². The largest absolute Gasteiger partial charge is 1.00 e. The van der Waals surface area contributed by atoms with Gasteiger partial charge in [-0.25, -0.2) is 9.97 Å². The summed E-state index contributed by atoms with van der Waals surface area (Å²) in [5, 5.41) is 15.1. The number of aromatic amines is 1. The summed E-state index contributed by atoms with van der Waals surface area (Å²) >= 11 is 0. The van der Waals surface area contributed by atoms with Gasteiger partial charge in [0.1, 0.15) is 30.5 Å². The van der Waals surface area contributed by atoms with Crippen LogP contribution in [0.15, 0.2) is 82.7 Å². The summed E-state index contributed by atoms with van der Waals surface area (Å²) in [6.45, 7) is 19.1. The van der Waals surface area contributed by atoms with Gasteiger partial charge in [0, 0.05) is 110 Å². The second-order valence-corrected chi connectivity index (χ2v) is 35.0. The molecule has 0 bridgehead atoms. The molecule has 4 aliphatic rings. The number of ketones is 4. The molecule has 2 saturated heterocycles. The molecule has 2 aromatic heterocycles. The number of aliphatic carboxylic acids is 1. The Morgan fingerprint density at radius 2 is 1.36 bits per heavy atom. The van der Waals surface area contributed by atoms with E-state index < -0.39 is 46.1 Å². The van der Waals surface area contributed by atoms with Gasteiger partial charge < -0.3 is 82.5 Å².